The number of nitriles is 1. The fraction of sp³-hybridized carbons (Fsp3) is 0.571. The van der Waals surface area contributed by atoms with E-state index in [1.807, 2.05) is 20.8 Å². The Hall–Kier alpha value is -2.19. The van der Waals surface area contributed by atoms with Gasteiger partial charge < -0.3 is 10.2 Å². The molecule has 3 heterocycles. The van der Waals surface area contributed by atoms with Crippen LogP contribution in [0.3, 0.4) is 0 Å². The quantitative estimate of drug-likeness (QED) is 0.566. The van der Waals surface area contributed by atoms with Crippen LogP contribution in [0.25, 0.3) is 11.2 Å². The fourth-order valence-corrected chi connectivity index (χ4v) is 3.18. The number of amides is 2. The molecule has 11 heteroatoms. The number of carbonyl (C=O) groups is 2. The normalized spacial score (nSPS) is 14.4. The van der Waals surface area contributed by atoms with Crippen molar-refractivity contribution in [3.63, 3.8) is 0 Å². The summed E-state index contributed by atoms with van der Waals surface area (Å²) in [7, 11) is 0. The van der Waals surface area contributed by atoms with Crippen LogP contribution in [0.1, 0.15) is 63.2 Å². The number of nitrogens with zero attached hydrogens (tertiary/aromatic N) is 5. The molecule has 2 aromatic rings. The second kappa shape index (κ2) is 15.6. The minimum atomic E-state index is -0.294. The zero-order chi connectivity index (χ0) is 23.9. The van der Waals surface area contributed by atoms with Crippen LogP contribution in [0.4, 0.5) is 3.89 Å². The Balaban J connectivity index is 0.000000287. The second-order valence-electron chi connectivity index (χ2n) is 6.77. The maximum Gasteiger partial charge on any atom is 0.255 e. The molecule has 1 saturated carbocycles. The van der Waals surface area contributed by atoms with Crippen molar-refractivity contribution in [3.8, 4) is 6.07 Å². The van der Waals surface area contributed by atoms with Gasteiger partial charge in [0.2, 0.25) is 6.41 Å². The molecule has 1 saturated heterocycles. The van der Waals surface area contributed by atoms with E-state index in [0.29, 0.717) is 27.9 Å². The second-order valence-corrected chi connectivity index (χ2v) is 8.11. The van der Waals surface area contributed by atoms with Gasteiger partial charge in [-0.05, 0) is 35.7 Å². The minimum Gasteiger partial charge on any atom is -0.352 e. The number of halogens is 2. The molecular formula is C21H30BrFN6O2S. The van der Waals surface area contributed by atoms with Crippen molar-refractivity contribution < 1.29 is 13.5 Å². The molecule has 1 N–H and O–H groups in total. The van der Waals surface area contributed by atoms with Gasteiger partial charge in [0.15, 0.2) is 18.0 Å². The van der Waals surface area contributed by atoms with Crippen molar-refractivity contribution in [1.82, 2.24) is 24.2 Å². The molecule has 0 atom stereocenters. The molecule has 0 radical (unpaired) electrons. The molecule has 0 bridgehead atoms. The topological polar surface area (TPSA) is 104 Å². The summed E-state index contributed by atoms with van der Waals surface area (Å²) in [4.78, 5) is 31.8. The third-order valence-electron chi connectivity index (χ3n) is 4.31. The molecule has 32 heavy (non-hydrogen) atoms. The number of piperidine rings is 1. The van der Waals surface area contributed by atoms with Gasteiger partial charge in [0.05, 0.1) is 17.8 Å². The van der Waals surface area contributed by atoms with Crippen LogP contribution in [-0.2, 0) is 4.79 Å². The number of fused-ring (bicyclic) bond motifs is 1. The summed E-state index contributed by atoms with van der Waals surface area (Å²) in [5.41, 5.74) is 0.998. The highest BCUT2D eigenvalue weighted by Crippen LogP contribution is 2.24. The van der Waals surface area contributed by atoms with E-state index in [1.165, 1.54) is 35.6 Å². The molecule has 176 valence electrons. The molecule has 1 aliphatic carbocycles. The van der Waals surface area contributed by atoms with Crippen LogP contribution in [-0.4, -0.2) is 50.8 Å². The van der Waals surface area contributed by atoms with Crippen LogP contribution in [0.5, 0.6) is 0 Å². The standard InChI is InChI=1S/C9H8BrFN4OS.C7H10N2O.C3H6.C2H6/c1-2-12-9(16)5-4-15(17-11)8-7(5)14-6(10)3-13-8;8-5-7-1-3-9(6-10)4-2-7;1-2-3-1;1-2/h3-4H,2H2,1H3,(H,12,16);6-7H,1-4H2;1-3H2;1-2H3. The predicted molar refractivity (Wildman–Crippen MR) is 129 cm³/mol. The number of rotatable bonds is 4. The Kier molecular flexibility index (Phi) is 13.6. The SMILES string of the molecule is C1CC1.CC.CCNC(=O)c1cn(SF)c2ncc(Br)nc12.N#CC1CCN(C=O)CC1. The van der Waals surface area contributed by atoms with Crippen molar-refractivity contribution in [1.29, 1.82) is 5.26 Å². The average Bonchev–Trinajstić information content (AvgIpc) is 3.68. The van der Waals surface area contributed by atoms with Gasteiger partial charge in [-0.15, -0.1) is 3.89 Å². The van der Waals surface area contributed by atoms with Crippen molar-refractivity contribution in [2.45, 2.75) is 52.9 Å². The monoisotopic (exact) mass is 528 g/mol. The number of carbonyl (C=O) groups excluding carboxylic acids is 2. The Labute approximate surface area is 201 Å². The lowest BCUT2D eigenvalue weighted by atomic mass is 9.99. The number of nitrogens with one attached hydrogen (secondary N) is 1. The van der Waals surface area contributed by atoms with E-state index in [0.717, 1.165) is 32.3 Å². The van der Waals surface area contributed by atoms with E-state index < -0.39 is 0 Å². The van der Waals surface area contributed by atoms with Crippen molar-refractivity contribution >= 4 is 51.7 Å². The van der Waals surface area contributed by atoms with Gasteiger partial charge in [-0.1, -0.05) is 33.1 Å². The zero-order valence-electron chi connectivity index (χ0n) is 18.7. The first-order chi connectivity index (χ1) is 15.5. The van der Waals surface area contributed by atoms with Gasteiger partial charge in [0.25, 0.3) is 5.91 Å². The van der Waals surface area contributed by atoms with E-state index in [4.69, 9.17) is 5.26 Å². The van der Waals surface area contributed by atoms with Crippen molar-refractivity contribution in [2.75, 3.05) is 19.6 Å². The molecule has 2 aliphatic rings. The highest BCUT2D eigenvalue weighted by atomic mass is 79.9. The van der Waals surface area contributed by atoms with Crippen LogP contribution >= 0.6 is 28.3 Å². The summed E-state index contributed by atoms with van der Waals surface area (Å²) in [6, 6.07) is 2.21. The summed E-state index contributed by atoms with van der Waals surface area (Å²) in [5.74, 6) is -0.117. The maximum absolute atomic E-state index is 12.7. The predicted octanol–water partition coefficient (Wildman–Crippen LogP) is 4.90. The van der Waals surface area contributed by atoms with Gasteiger partial charge in [0, 0.05) is 31.7 Å². The molecule has 0 unspecified atom stereocenters. The number of hydrogen-bond donors (Lipinski definition) is 1. The molecule has 2 fully saturated rings. The van der Waals surface area contributed by atoms with Crippen LogP contribution < -0.4 is 5.32 Å². The lowest BCUT2D eigenvalue weighted by molar-refractivity contribution is -0.119. The summed E-state index contributed by atoms with van der Waals surface area (Å²) in [6.45, 7) is 7.81. The zero-order valence-corrected chi connectivity index (χ0v) is 21.1. The van der Waals surface area contributed by atoms with Crippen molar-refractivity contribution in [3.05, 3.63) is 22.6 Å². The molecule has 8 nitrogen and oxygen atoms in total. The molecular weight excluding hydrogens is 499 g/mol. The van der Waals surface area contributed by atoms with Crippen LogP contribution in [0.15, 0.2) is 17.0 Å². The first kappa shape index (κ1) is 27.8. The molecule has 1 aliphatic heterocycles. The first-order valence-corrected chi connectivity index (χ1v) is 12.2. The minimum absolute atomic E-state index is 0.0207. The van der Waals surface area contributed by atoms with Gasteiger partial charge in [-0.3, -0.25) is 9.59 Å². The van der Waals surface area contributed by atoms with E-state index in [2.05, 4.69) is 37.3 Å². The molecule has 0 aromatic carbocycles. The molecule has 4 rings (SSSR count). The van der Waals surface area contributed by atoms with Crippen molar-refractivity contribution in [2.24, 2.45) is 5.92 Å². The first-order valence-electron chi connectivity index (χ1n) is 10.7. The van der Waals surface area contributed by atoms with Gasteiger partial charge in [0.1, 0.15) is 10.1 Å². The Morgan fingerprint density at radius 1 is 1.38 bits per heavy atom. The van der Waals surface area contributed by atoms with Gasteiger partial charge in [-0.2, -0.15) is 5.26 Å². The third kappa shape index (κ3) is 9.12. The van der Waals surface area contributed by atoms with E-state index >= 15 is 0 Å². The Morgan fingerprint density at radius 3 is 2.47 bits per heavy atom. The number of likely N-dealkylation sites (tertiary alicyclic amines) is 1. The maximum atomic E-state index is 12.7. The average molecular weight is 529 g/mol. The molecule has 2 amide bonds. The van der Waals surface area contributed by atoms with Crippen LogP contribution in [0, 0.1) is 17.2 Å². The van der Waals surface area contributed by atoms with Gasteiger partial charge >= 0.3 is 0 Å². The third-order valence-corrected chi connectivity index (χ3v) is 5.11. The van der Waals surface area contributed by atoms with Gasteiger partial charge in [-0.25, -0.2) is 13.9 Å². The summed E-state index contributed by atoms with van der Waals surface area (Å²) in [5, 5.41) is 11.1. The fourth-order valence-electron chi connectivity index (χ4n) is 2.55. The summed E-state index contributed by atoms with van der Waals surface area (Å²) >= 11 is 3.15. The Bertz CT molecular complexity index is 892. The number of hydrogen-bond acceptors (Lipinski definition) is 6. The summed E-state index contributed by atoms with van der Waals surface area (Å²) < 4.78 is 14.4. The molecule has 2 aromatic heterocycles. The lowest BCUT2D eigenvalue weighted by Gasteiger charge is -2.24. The summed E-state index contributed by atoms with van der Waals surface area (Å²) in [6.07, 6.45) is 9.88. The van der Waals surface area contributed by atoms with E-state index in [1.54, 1.807) is 4.90 Å². The largest absolute Gasteiger partial charge is 0.352 e. The Morgan fingerprint density at radius 2 is 2.00 bits per heavy atom. The highest BCUT2D eigenvalue weighted by molar-refractivity contribution is 9.10. The number of aromatic nitrogens is 3. The smallest absolute Gasteiger partial charge is 0.255 e. The molecule has 0 spiro atoms. The highest BCUT2D eigenvalue weighted by Gasteiger charge is 2.18. The van der Waals surface area contributed by atoms with E-state index in [-0.39, 0.29) is 24.2 Å². The van der Waals surface area contributed by atoms with Crippen LogP contribution in [0.2, 0.25) is 0 Å². The van der Waals surface area contributed by atoms with E-state index in [9.17, 15) is 13.5 Å². The lowest BCUT2D eigenvalue weighted by Crippen LogP contribution is -2.31.